The van der Waals surface area contributed by atoms with Gasteiger partial charge in [-0.15, -0.1) is 0 Å². The van der Waals surface area contributed by atoms with Crippen LogP contribution in [-0.4, -0.2) is 33.6 Å². The van der Waals surface area contributed by atoms with E-state index in [2.05, 4.69) is 0 Å². The molecule has 0 aromatic heterocycles. The predicted octanol–water partition coefficient (Wildman–Crippen LogP) is 1.48. The van der Waals surface area contributed by atoms with Crippen LogP contribution in [0.5, 0.6) is 0 Å². The molecule has 5 heteroatoms. The predicted molar refractivity (Wildman–Crippen MR) is 42.0 cm³/mol. The van der Waals surface area contributed by atoms with Gasteiger partial charge < -0.3 is 4.90 Å². The first-order chi connectivity index (χ1) is 4.83. The summed E-state index contributed by atoms with van der Waals surface area (Å²) >= 11 is 0. The fourth-order valence-electron chi connectivity index (χ4n) is 0.550. The van der Waals surface area contributed by atoms with E-state index in [0.717, 1.165) is 6.55 Å². The van der Waals surface area contributed by atoms with Crippen molar-refractivity contribution in [2.24, 2.45) is 0 Å². The van der Waals surface area contributed by atoms with Gasteiger partial charge in [-0.25, -0.2) is 0 Å². The Morgan fingerprint density at radius 3 is 2.18 bits per heavy atom. The molecule has 0 aromatic carbocycles. The average molecular weight is 181 g/mol. The number of halogens is 2. The highest BCUT2D eigenvalue weighted by atomic mass is 28.4. The Morgan fingerprint density at radius 2 is 1.91 bits per heavy atom. The van der Waals surface area contributed by atoms with Crippen LogP contribution in [0.2, 0.25) is 12.6 Å². The third-order valence-electron chi connectivity index (χ3n) is 1.28. The Morgan fingerprint density at radius 1 is 1.45 bits per heavy atom. The van der Waals surface area contributed by atoms with Gasteiger partial charge in [0.2, 0.25) is 5.91 Å². The second kappa shape index (κ2) is 3.80. The number of carbonyl (C=O) groups excluding carboxylic acids is 1. The van der Waals surface area contributed by atoms with Gasteiger partial charge in [-0.2, -0.15) is 0 Å². The van der Waals surface area contributed by atoms with Crippen LogP contribution in [0, 0.1) is 0 Å². The minimum absolute atomic E-state index is 0.0251. The van der Waals surface area contributed by atoms with Crippen LogP contribution in [0.1, 0.15) is 6.42 Å². The number of hydrogen-bond donors (Lipinski definition) is 0. The molecule has 0 heterocycles. The second-order valence-corrected chi connectivity index (χ2v) is 5.50. The van der Waals surface area contributed by atoms with Crippen LogP contribution in [0.25, 0.3) is 0 Å². The first kappa shape index (κ1) is 10.5. The fourth-order valence-corrected chi connectivity index (χ4v) is 1.20. The van der Waals surface area contributed by atoms with Gasteiger partial charge in [0, 0.05) is 26.6 Å². The zero-order valence-corrected chi connectivity index (χ0v) is 8.03. The molecular weight excluding hydrogens is 168 g/mol. The largest absolute Gasteiger partial charge is 0.422 e. The maximum Gasteiger partial charge on any atom is 0.422 e. The Bertz CT molecular complexity index is 144. The Hall–Kier alpha value is -0.453. The molecule has 0 atom stereocenters. The molecule has 1 amide bonds. The molecule has 0 aliphatic carbocycles. The van der Waals surface area contributed by atoms with E-state index >= 15 is 0 Å². The molecule has 0 rings (SSSR count). The van der Waals surface area contributed by atoms with Gasteiger partial charge >= 0.3 is 8.74 Å². The molecule has 0 fully saturated rings. The van der Waals surface area contributed by atoms with Crippen molar-refractivity contribution in [3.63, 3.8) is 0 Å². The number of hydrogen-bond acceptors (Lipinski definition) is 1. The highest BCUT2D eigenvalue weighted by molar-refractivity contribution is 6.64. The Kier molecular flexibility index (Phi) is 3.64. The summed E-state index contributed by atoms with van der Waals surface area (Å²) in [5.74, 6) is -0.223. The van der Waals surface area contributed by atoms with Gasteiger partial charge in [0.1, 0.15) is 0 Å². The normalized spacial score (nSPS) is 11.4. The maximum atomic E-state index is 12.3. The van der Waals surface area contributed by atoms with E-state index in [4.69, 9.17) is 0 Å². The van der Waals surface area contributed by atoms with Gasteiger partial charge in [-0.3, -0.25) is 13.0 Å². The molecular formula is C6H13F2NOSi. The first-order valence-corrected chi connectivity index (χ1v) is 5.87. The SMILES string of the molecule is CN(C)C(=O)CC[Si](C)(F)F. The third-order valence-corrected chi connectivity index (χ3v) is 2.40. The summed E-state index contributed by atoms with van der Waals surface area (Å²) in [6, 6.07) is -0.232. The van der Waals surface area contributed by atoms with E-state index in [1.165, 1.54) is 4.90 Å². The summed E-state index contributed by atoms with van der Waals surface area (Å²) in [6.07, 6.45) is -0.0251. The van der Waals surface area contributed by atoms with Crippen LogP contribution in [0.3, 0.4) is 0 Å². The van der Waals surface area contributed by atoms with Crippen molar-refractivity contribution < 1.29 is 13.0 Å². The lowest BCUT2D eigenvalue weighted by molar-refractivity contribution is -0.128. The molecule has 0 unspecified atom stereocenters. The van der Waals surface area contributed by atoms with Crippen molar-refractivity contribution in [3.8, 4) is 0 Å². The van der Waals surface area contributed by atoms with Crippen molar-refractivity contribution in [1.29, 1.82) is 0 Å². The van der Waals surface area contributed by atoms with Crippen molar-refractivity contribution in [2.45, 2.75) is 19.0 Å². The highest BCUT2D eigenvalue weighted by Gasteiger charge is 2.28. The first-order valence-electron chi connectivity index (χ1n) is 3.41. The van der Waals surface area contributed by atoms with E-state index in [1.807, 2.05) is 0 Å². The van der Waals surface area contributed by atoms with Crippen LogP contribution in [0.4, 0.5) is 8.22 Å². The molecule has 0 N–H and O–H groups in total. The molecule has 0 aliphatic rings. The van der Waals surface area contributed by atoms with Gasteiger partial charge in [0.25, 0.3) is 0 Å². The Balaban J connectivity index is 3.64. The zero-order valence-electron chi connectivity index (χ0n) is 7.03. The van der Waals surface area contributed by atoms with Crippen molar-refractivity contribution in [2.75, 3.05) is 14.1 Å². The van der Waals surface area contributed by atoms with Crippen LogP contribution < -0.4 is 0 Å². The number of nitrogens with zero attached hydrogens (tertiary/aromatic N) is 1. The lowest BCUT2D eigenvalue weighted by Gasteiger charge is -2.11. The average Bonchev–Trinajstić information content (AvgIpc) is 1.80. The van der Waals surface area contributed by atoms with Crippen LogP contribution in [-0.2, 0) is 4.79 Å². The van der Waals surface area contributed by atoms with E-state index in [-0.39, 0.29) is 18.4 Å². The van der Waals surface area contributed by atoms with Crippen LogP contribution >= 0.6 is 0 Å². The molecule has 0 saturated heterocycles. The molecule has 11 heavy (non-hydrogen) atoms. The minimum atomic E-state index is -4.01. The van der Waals surface area contributed by atoms with E-state index in [9.17, 15) is 13.0 Å². The molecule has 0 aromatic rings. The van der Waals surface area contributed by atoms with Crippen molar-refractivity contribution in [3.05, 3.63) is 0 Å². The summed E-state index contributed by atoms with van der Waals surface area (Å²) in [7, 11) is -0.879. The molecule has 0 bridgehead atoms. The molecule has 0 saturated carbocycles. The number of amides is 1. The molecule has 0 aliphatic heterocycles. The van der Waals surface area contributed by atoms with Crippen LogP contribution in [0.15, 0.2) is 0 Å². The van der Waals surface area contributed by atoms with Crippen molar-refractivity contribution >= 4 is 14.6 Å². The van der Waals surface area contributed by atoms with Gasteiger partial charge in [0.15, 0.2) is 0 Å². The van der Waals surface area contributed by atoms with E-state index in [1.54, 1.807) is 14.1 Å². The minimum Gasteiger partial charge on any atom is -0.349 e. The van der Waals surface area contributed by atoms with Gasteiger partial charge in [-0.1, -0.05) is 0 Å². The summed E-state index contributed by atoms with van der Waals surface area (Å²) < 4.78 is 24.6. The maximum absolute atomic E-state index is 12.3. The quantitative estimate of drug-likeness (QED) is 0.477. The number of carbonyl (C=O) groups is 1. The molecule has 66 valence electrons. The summed E-state index contributed by atoms with van der Waals surface area (Å²) in [6.45, 7) is 0.954. The molecule has 0 spiro atoms. The second-order valence-electron chi connectivity index (χ2n) is 2.86. The van der Waals surface area contributed by atoms with E-state index in [0.29, 0.717) is 0 Å². The third kappa shape index (κ3) is 5.97. The molecule has 0 radical (unpaired) electrons. The van der Waals surface area contributed by atoms with Gasteiger partial charge in [-0.05, 0) is 6.55 Å². The Labute approximate surface area is 66.5 Å². The standard InChI is InChI=1S/C6H13F2NOSi/c1-9(2)6(10)4-5-11(3,7)8/h4-5H2,1-3H3. The summed E-state index contributed by atoms with van der Waals surface area (Å²) in [5, 5.41) is 0. The van der Waals surface area contributed by atoms with Crippen molar-refractivity contribution in [1.82, 2.24) is 4.90 Å². The van der Waals surface area contributed by atoms with Gasteiger partial charge in [0.05, 0.1) is 0 Å². The summed E-state index contributed by atoms with van der Waals surface area (Å²) in [5.41, 5.74) is 0. The molecule has 2 nitrogen and oxygen atoms in total. The topological polar surface area (TPSA) is 20.3 Å². The summed E-state index contributed by atoms with van der Waals surface area (Å²) in [4.78, 5) is 12.1. The fraction of sp³-hybridized carbons (Fsp3) is 0.833. The monoisotopic (exact) mass is 181 g/mol. The lowest BCUT2D eigenvalue weighted by Crippen LogP contribution is -2.25. The smallest absolute Gasteiger partial charge is 0.349 e. The highest BCUT2D eigenvalue weighted by Crippen LogP contribution is 2.15. The number of rotatable bonds is 3. The lowest BCUT2D eigenvalue weighted by atomic mass is 10.4. The zero-order chi connectivity index (χ0) is 9.07. The van der Waals surface area contributed by atoms with E-state index < -0.39 is 8.74 Å².